The predicted octanol–water partition coefficient (Wildman–Crippen LogP) is 15.7. The molecule has 0 saturated heterocycles. The number of anilines is 6. The van der Waals surface area contributed by atoms with Crippen LogP contribution in [0, 0.1) is 12.3 Å². The lowest BCUT2D eigenvalue weighted by molar-refractivity contribution is 0.392. The van der Waals surface area contributed by atoms with Gasteiger partial charge in [0.05, 0.1) is 5.69 Å². The molecule has 1 aliphatic carbocycles. The molecule has 0 atom stereocenters. The average molecular weight is 879 g/mol. The van der Waals surface area contributed by atoms with Gasteiger partial charge in [-0.15, -0.1) is 0 Å². The Hall–Kier alpha value is -5.80. The van der Waals surface area contributed by atoms with Gasteiger partial charge in [0.25, 0.3) is 6.71 Å². The summed E-state index contributed by atoms with van der Waals surface area (Å²) in [5.41, 5.74) is 26.6. The van der Waals surface area contributed by atoms with E-state index in [4.69, 9.17) is 0 Å². The Balaban J connectivity index is 1.26. The fourth-order valence-electron chi connectivity index (χ4n) is 11.3. The highest BCUT2D eigenvalue weighted by atomic mass is 15.2. The zero-order valence-electron chi connectivity index (χ0n) is 43.1. The Morgan fingerprint density at radius 1 is 0.418 bits per heavy atom. The normalized spacial score (nSPS) is 15.3. The van der Waals surface area contributed by atoms with Crippen LogP contribution in [-0.4, -0.2) is 6.71 Å². The maximum Gasteiger partial charge on any atom is 0.252 e. The molecule has 0 unspecified atom stereocenters. The number of fused-ring (bicyclic) bond motifs is 5. The van der Waals surface area contributed by atoms with E-state index >= 15 is 0 Å². The highest BCUT2D eigenvalue weighted by Crippen LogP contribution is 2.50. The van der Waals surface area contributed by atoms with Gasteiger partial charge in [0.2, 0.25) is 0 Å². The Kier molecular flexibility index (Phi) is 10.3. The fourth-order valence-corrected chi connectivity index (χ4v) is 11.3. The van der Waals surface area contributed by atoms with E-state index in [2.05, 4.69) is 247 Å². The van der Waals surface area contributed by atoms with Crippen molar-refractivity contribution in [2.24, 2.45) is 5.41 Å². The van der Waals surface area contributed by atoms with Crippen molar-refractivity contribution in [3.63, 3.8) is 0 Å². The number of aryl methyl sites for hydroxylation is 1. The van der Waals surface area contributed by atoms with Gasteiger partial charge in [-0.25, -0.2) is 0 Å². The summed E-state index contributed by atoms with van der Waals surface area (Å²) in [6.07, 6.45) is 2.17. The first-order valence-electron chi connectivity index (χ1n) is 24.9. The number of benzene rings is 7. The van der Waals surface area contributed by atoms with Crippen molar-refractivity contribution < 1.29 is 0 Å². The first kappa shape index (κ1) is 45.0. The fraction of sp³-hybridized carbons (Fsp3) is 0.344. The molecule has 7 aromatic carbocycles. The summed E-state index contributed by atoms with van der Waals surface area (Å²) in [6.45, 7) is 35.1. The third-order valence-electron chi connectivity index (χ3n) is 15.1. The van der Waals surface area contributed by atoms with Crippen LogP contribution in [0.25, 0.3) is 22.3 Å². The van der Waals surface area contributed by atoms with Crippen molar-refractivity contribution in [2.75, 3.05) is 9.80 Å². The summed E-state index contributed by atoms with van der Waals surface area (Å²) in [6, 6.07) is 52.8. The highest BCUT2D eigenvalue weighted by Gasteiger charge is 2.45. The standard InChI is InChI=1S/C64H71BN2/c1-40-31-57-59-58(32-40)67(54-29-25-48(62(8,9)10)36-51(54)43-18-16-17-42(33-43)41-19-21-46(22-20-41)60(2,3)4)56-35-45-39-64(14,15)38-44(45)34-52(56)65(59)53-37-49(63(11,12)13)26-30-55(53)66(57)50-27-23-47(24-28-50)61(5,6)7/h16-37H,38-39H2,1-15H3. The van der Waals surface area contributed by atoms with Crippen LogP contribution in [0.15, 0.2) is 133 Å². The van der Waals surface area contributed by atoms with Crippen LogP contribution in [-0.2, 0) is 34.5 Å². The number of hydrogen-bond donors (Lipinski definition) is 0. The second-order valence-corrected chi connectivity index (χ2v) is 25.2. The lowest BCUT2D eigenvalue weighted by Crippen LogP contribution is -2.61. The van der Waals surface area contributed by atoms with Gasteiger partial charge in [-0.3, -0.25) is 0 Å². The van der Waals surface area contributed by atoms with Gasteiger partial charge in [0, 0.05) is 34.0 Å². The van der Waals surface area contributed by atoms with Gasteiger partial charge in [0.15, 0.2) is 0 Å². The lowest BCUT2D eigenvalue weighted by atomic mass is 9.33. The summed E-state index contributed by atoms with van der Waals surface area (Å²) < 4.78 is 0. The van der Waals surface area contributed by atoms with Crippen molar-refractivity contribution in [3.05, 3.63) is 172 Å². The molecule has 2 heterocycles. The molecule has 67 heavy (non-hydrogen) atoms. The van der Waals surface area contributed by atoms with E-state index in [0.29, 0.717) is 0 Å². The topological polar surface area (TPSA) is 6.48 Å². The Morgan fingerprint density at radius 2 is 0.910 bits per heavy atom. The van der Waals surface area contributed by atoms with Gasteiger partial charge < -0.3 is 9.80 Å². The molecule has 3 aliphatic rings. The van der Waals surface area contributed by atoms with Crippen LogP contribution in [0.4, 0.5) is 34.1 Å². The summed E-state index contributed by atoms with van der Waals surface area (Å²) in [5.74, 6) is 0. The Morgan fingerprint density at radius 3 is 1.51 bits per heavy atom. The molecule has 0 spiro atoms. The molecular formula is C64H71BN2. The summed E-state index contributed by atoms with van der Waals surface area (Å²) in [4.78, 5) is 5.25. The van der Waals surface area contributed by atoms with Gasteiger partial charge >= 0.3 is 0 Å². The molecule has 0 bridgehead atoms. The maximum atomic E-state index is 2.68. The minimum Gasteiger partial charge on any atom is -0.311 e. The monoisotopic (exact) mass is 879 g/mol. The summed E-state index contributed by atoms with van der Waals surface area (Å²) in [7, 11) is 0. The Labute approximate surface area is 403 Å². The molecule has 0 N–H and O–H groups in total. The molecule has 2 nitrogen and oxygen atoms in total. The van der Waals surface area contributed by atoms with Crippen molar-refractivity contribution in [3.8, 4) is 22.3 Å². The number of rotatable bonds is 4. The van der Waals surface area contributed by atoms with Crippen LogP contribution in [0.3, 0.4) is 0 Å². The number of hydrogen-bond acceptors (Lipinski definition) is 2. The molecule has 7 aromatic rings. The minimum atomic E-state index is -0.0367. The van der Waals surface area contributed by atoms with Gasteiger partial charge in [-0.1, -0.05) is 176 Å². The zero-order valence-corrected chi connectivity index (χ0v) is 43.1. The third-order valence-corrected chi connectivity index (χ3v) is 15.1. The molecule has 0 amide bonds. The highest BCUT2D eigenvalue weighted by molar-refractivity contribution is 7.00. The molecule has 3 heteroatoms. The van der Waals surface area contributed by atoms with Gasteiger partial charge in [-0.05, 0) is 173 Å². The smallest absolute Gasteiger partial charge is 0.252 e. The largest absolute Gasteiger partial charge is 0.311 e. The summed E-state index contributed by atoms with van der Waals surface area (Å²) in [5, 5.41) is 0. The molecular weight excluding hydrogens is 808 g/mol. The number of nitrogens with zero attached hydrogens (tertiary/aromatic N) is 2. The molecule has 340 valence electrons. The molecule has 0 radical (unpaired) electrons. The van der Waals surface area contributed by atoms with Crippen LogP contribution >= 0.6 is 0 Å². The lowest BCUT2D eigenvalue weighted by Gasteiger charge is -2.45. The van der Waals surface area contributed by atoms with Crippen molar-refractivity contribution in [2.45, 2.75) is 138 Å². The zero-order chi connectivity index (χ0) is 47.7. The van der Waals surface area contributed by atoms with Crippen molar-refractivity contribution >= 4 is 57.2 Å². The van der Waals surface area contributed by atoms with Crippen molar-refractivity contribution in [1.82, 2.24) is 0 Å². The SMILES string of the molecule is Cc1cc2c3c(c1)N(c1ccc(C(C)(C)C)cc1-c1cccc(-c4ccc(C(C)(C)C)cc4)c1)c1cc4c(cc1B3c1cc(C(C)(C)C)ccc1N2c1ccc(C(C)(C)C)cc1)CC(C)(C)C4. The molecule has 10 rings (SSSR count). The maximum absolute atomic E-state index is 2.68. The Bertz CT molecular complexity index is 3080. The first-order valence-corrected chi connectivity index (χ1v) is 24.9. The van der Waals surface area contributed by atoms with Crippen LogP contribution in [0.5, 0.6) is 0 Å². The average Bonchev–Trinajstić information content (AvgIpc) is 3.56. The van der Waals surface area contributed by atoms with Crippen molar-refractivity contribution in [1.29, 1.82) is 0 Å². The van der Waals surface area contributed by atoms with E-state index < -0.39 is 0 Å². The first-order chi connectivity index (χ1) is 31.4. The van der Waals surface area contributed by atoms with Crippen LogP contribution in [0.2, 0.25) is 0 Å². The van der Waals surface area contributed by atoms with E-state index in [-0.39, 0.29) is 33.8 Å². The van der Waals surface area contributed by atoms with Crippen LogP contribution < -0.4 is 26.2 Å². The molecule has 0 fully saturated rings. The van der Waals surface area contributed by atoms with Gasteiger partial charge in [0.1, 0.15) is 0 Å². The molecule has 0 saturated carbocycles. The van der Waals surface area contributed by atoms with Crippen LogP contribution in [0.1, 0.15) is 136 Å². The van der Waals surface area contributed by atoms with E-state index in [1.54, 1.807) is 0 Å². The summed E-state index contributed by atoms with van der Waals surface area (Å²) >= 11 is 0. The third kappa shape index (κ3) is 7.95. The van der Waals surface area contributed by atoms with Gasteiger partial charge in [-0.2, -0.15) is 0 Å². The second kappa shape index (κ2) is 15.4. The second-order valence-electron chi connectivity index (χ2n) is 25.2. The van der Waals surface area contributed by atoms with E-state index in [0.717, 1.165) is 12.8 Å². The quantitative estimate of drug-likeness (QED) is 0.163. The van der Waals surface area contributed by atoms with E-state index in [1.807, 2.05) is 0 Å². The molecule has 2 aliphatic heterocycles. The molecule has 0 aromatic heterocycles. The minimum absolute atomic E-state index is 0.0110. The van der Waals surface area contributed by atoms with E-state index in [9.17, 15) is 0 Å². The van der Waals surface area contributed by atoms with E-state index in [1.165, 1.54) is 112 Å². The predicted molar refractivity (Wildman–Crippen MR) is 292 cm³/mol.